The minimum Gasteiger partial charge on any atom is -0.367 e. The summed E-state index contributed by atoms with van der Waals surface area (Å²) in [7, 11) is 1.63. The summed E-state index contributed by atoms with van der Waals surface area (Å²) in [5.41, 5.74) is 1.79. The summed E-state index contributed by atoms with van der Waals surface area (Å²) < 4.78 is 0. The maximum atomic E-state index is 10.7. The number of aromatic nitrogens is 1. The minimum absolute atomic E-state index is 0.0370. The normalized spacial score (nSPS) is 9.93. The Morgan fingerprint density at radius 2 is 2.29 bits per heavy atom. The Bertz CT molecular complexity index is 363. The SMILES string of the molecule is CCc1cc([N+](=O)[O-])c(NC)nc1C. The Morgan fingerprint density at radius 3 is 2.71 bits per heavy atom. The molecule has 5 nitrogen and oxygen atoms in total. The molecule has 1 rings (SSSR count). The maximum Gasteiger partial charge on any atom is 0.311 e. The van der Waals surface area contributed by atoms with E-state index in [9.17, 15) is 10.1 Å². The Kier molecular flexibility index (Phi) is 3.01. The zero-order valence-electron chi connectivity index (χ0n) is 8.50. The van der Waals surface area contributed by atoms with Crippen LogP contribution in [0, 0.1) is 17.0 Å². The molecule has 0 aliphatic carbocycles. The quantitative estimate of drug-likeness (QED) is 0.590. The van der Waals surface area contributed by atoms with E-state index in [-0.39, 0.29) is 5.69 Å². The molecule has 0 unspecified atom stereocenters. The van der Waals surface area contributed by atoms with Gasteiger partial charge in [-0.1, -0.05) is 6.92 Å². The van der Waals surface area contributed by atoms with Crippen molar-refractivity contribution < 1.29 is 4.92 Å². The molecular formula is C9H13N3O2. The lowest BCUT2D eigenvalue weighted by molar-refractivity contribution is -0.384. The second kappa shape index (κ2) is 4.04. The fourth-order valence-corrected chi connectivity index (χ4v) is 1.32. The number of nitrogens with zero attached hydrogens (tertiary/aromatic N) is 2. The second-order valence-electron chi connectivity index (χ2n) is 2.96. The van der Waals surface area contributed by atoms with Crippen LogP contribution in [0.4, 0.5) is 11.5 Å². The maximum absolute atomic E-state index is 10.7. The van der Waals surface area contributed by atoms with Crippen molar-refractivity contribution in [3.63, 3.8) is 0 Å². The van der Waals surface area contributed by atoms with Crippen LogP contribution in [0.25, 0.3) is 0 Å². The molecule has 1 aromatic heterocycles. The van der Waals surface area contributed by atoms with Crippen LogP contribution in [0.1, 0.15) is 18.2 Å². The topological polar surface area (TPSA) is 68.1 Å². The fourth-order valence-electron chi connectivity index (χ4n) is 1.32. The van der Waals surface area contributed by atoms with E-state index in [2.05, 4.69) is 10.3 Å². The van der Waals surface area contributed by atoms with Gasteiger partial charge in [-0.15, -0.1) is 0 Å². The van der Waals surface area contributed by atoms with Gasteiger partial charge < -0.3 is 5.32 Å². The molecule has 5 heteroatoms. The van der Waals surface area contributed by atoms with Gasteiger partial charge in [-0.2, -0.15) is 0 Å². The Balaban J connectivity index is 3.32. The molecule has 0 saturated carbocycles. The van der Waals surface area contributed by atoms with Gasteiger partial charge in [-0.3, -0.25) is 10.1 Å². The molecule has 0 aliphatic heterocycles. The van der Waals surface area contributed by atoms with Crippen molar-refractivity contribution in [3.8, 4) is 0 Å². The number of pyridine rings is 1. The Labute approximate surface area is 82.3 Å². The van der Waals surface area contributed by atoms with Gasteiger partial charge in [0, 0.05) is 18.8 Å². The van der Waals surface area contributed by atoms with Crippen molar-refractivity contribution in [2.75, 3.05) is 12.4 Å². The monoisotopic (exact) mass is 195 g/mol. The van der Waals surface area contributed by atoms with Crippen molar-refractivity contribution in [1.82, 2.24) is 4.98 Å². The molecule has 0 atom stereocenters. The summed E-state index contributed by atoms with van der Waals surface area (Å²) in [6, 6.07) is 1.58. The molecule has 0 amide bonds. The fraction of sp³-hybridized carbons (Fsp3) is 0.444. The molecule has 1 heterocycles. The highest BCUT2D eigenvalue weighted by Gasteiger charge is 2.16. The Hall–Kier alpha value is -1.65. The van der Waals surface area contributed by atoms with Crippen LogP contribution in [0.3, 0.4) is 0 Å². The van der Waals surface area contributed by atoms with Gasteiger partial charge in [0.15, 0.2) is 0 Å². The van der Waals surface area contributed by atoms with Crippen LogP contribution >= 0.6 is 0 Å². The predicted molar refractivity (Wildman–Crippen MR) is 54.6 cm³/mol. The first kappa shape index (κ1) is 10.4. The number of nitrogens with one attached hydrogen (secondary N) is 1. The van der Waals surface area contributed by atoms with E-state index in [1.165, 1.54) is 0 Å². The Morgan fingerprint density at radius 1 is 1.64 bits per heavy atom. The van der Waals surface area contributed by atoms with Crippen LogP contribution in [0.5, 0.6) is 0 Å². The summed E-state index contributed by atoms with van der Waals surface area (Å²) in [5.74, 6) is 0.324. The third kappa shape index (κ3) is 1.81. The zero-order valence-corrected chi connectivity index (χ0v) is 8.50. The van der Waals surface area contributed by atoms with Crippen molar-refractivity contribution in [1.29, 1.82) is 0 Å². The third-order valence-electron chi connectivity index (χ3n) is 2.11. The van der Waals surface area contributed by atoms with Crippen molar-refractivity contribution in [2.24, 2.45) is 0 Å². The summed E-state index contributed by atoms with van der Waals surface area (Å²) in [6.07, 6.45) is 0.754. The molecule has 0 aliphatic rings. The van der Waals surface area contributed by atoms with Gasteiger partial charge in [-0.25, -0.2) is 4.98 Å². The van der Waals surface area contributed by atoms with E-state index in [0.29, 0.717) is 5.82 Å². The number of rotatable bonds is 3. The van der Waals surface area contributed by atoms with E-state index in [1.54, 1.807) is 13.1 Å². The molecule has 76 valence electrons. The first-order chi connectivity index (χ1) is 6.60. The summed E-state index contributed by atoms with van der Waals surface area (Å²) >= 11 is 0. The molecule has 0 bridgehead atoms. The number of aryl methyl sites for hydroxylation is 2. The first-order valence-electron chi connectivity index (χ1n) is 4.42. The number of hydrogen-bond acceptors (Lipinski definition) is 4. The molecule has 0 radical (unpaired) electrons. The van der Waals surface area contributed by atoms with Gasteiger partial charge in [0.1, 0.15) is 0 Å². The van der Waals surface area contributed by atoms with Gasteiger partial charge >= 0.3 is 5.69 Å². The van der Waals surface area contributed by atoms with E-state index in [1.807, 2.05) is 13.8 Å². The van der Waals surface area contributed by atoms with E-state index in [0.717, 1.165) is 17.7 Å². The highest BCUT2D eigenvalue weighted by Crippen LogP contribution is 2.24. The van der Waals surface area contributed by atoms with Crippen LogP contribution in [-0.4, -0.2) is 17.0 Å². The largest absolute Gasteiger partial charge is 0.367 e. The van der Waals surface area contributed by atoms with Gasteiger partial charge in [0.2, 0.25) is 5.82 Å². The van der Waals surface area contributed by atoms with E-state index in [4.69, 9.17) is 0 Å². The predicted octanol–water partition coefficient (Wildman–Crippen LogP) is 1.90. The van der Waals surface area contributed by atoms with Crippen molar-refractivity contribution in [3.05, 3.63) is 27.4 Å². The highest BCUT2D eigenvalue weighted by atomic mass is 16.6. The number of nitro groups is 1. The molecule has 0 spiro atoms. The molecule has 0 fully saturated rings. The number of anilines is 1. The first-order valence-corrected chi connectivity index (χ1v) is 4.42. The smallest absolute Gasteiger partial charge is 0.311 e. The highest BCUT2D eigenvalue weighted by molar-refractivity contribution is 5.57. The third-order valence-corrected chi connectivity index (χ3v) is 2.11. The summed E-state index contributed by atoms with van der Waals surface area (Å²) in [6.45, 7) is 3.80. The molecule has 0 saturated heterocycles. The van der Waals surface area contributed by atoms with Crippen molar-refractivity contribution >= 4 is 11.5 Å². The van der Waals surface area contributed by atoms with Crippen LogP contribution in [0.15, 0.2) is 6.07 Å². The van der Waals surface area contributed by atoms with Gasteiger partial charge in [0.25, 0.3) is 0 Å². The lowest BCUT2D eigenvalue weighted by Gasteiger charge is -2.06. The summed E-state index contributed by atoms with van der Waals surface area (Å²) in [5, 5.41) is 13.4. The van der Waals surface area contributed by atoms with E-state index >= 15 is 0 Å². The number of hydrogen-bond donors (Lipinski definition) is 1. The standard InChI is InChI=1S/C9H13N3O2/c1-4-7-5-8(12(13)14)9(10-3)11-6(7)2/h5H,4H2,1-3H3,(H,10,11). The average Bonchev–Trinajstić information content (AvgIpc) is 2.16. The van der Waals surface area contributed by atoms with E-state index < -0.39 is 4.92 Å². The minimum atomic E-state index is -0.419. The molecular weight excluding hydrogens is 182 g/mol. The average molecular weight is 195 g/mol. The molecule has 0 aromatic carbocycles. The summed E-state index contributed by atoms with van der Waals surface area (Å²) in [4.78, 5) is 14.4. The van der Waals surface area contributed by atoms with Crippen LogP contribution < -0.4 is 5.32 Å². The van der Waals surface area contributed by atoms with Crippen molar-refractivity contribution in [2.45, 2.75) is 20.3 Å². The second-order valence-corrected chi connectivity index (χ2v) is 2.96. The zero-order chi connectivity index (χ0) is 10.7. The van der Waals surface area contributed by atoms with Gasteiger partial charge in [0.05, 0.1) is 4.92 Å². The molecule has 1 N–H and O–H groups in total. The lowest BCUT2D eigenvalue weighted by atomic mass is 10.1. The van der Waals surface area contributed by atoms with Crippen LogP contribution in [-0.2, 0) is 6.42 Å². The molecule has 1 aromatic rings. The molecule has 14 heavy (non-hydrogen) atoms. The lowest BCUT2D eigenvalue weighted by Crippen LogP contribution is -2.03. The van der Waals surface area contributed by atoms with Gasteiger partial charge in [-0.05, 0) is 18.9 Å². The van der Waals surface area contributed by atoms with Crippen LogP contribution in [0.2, 0.25) is 0 Å².